The Morgan fingerprint density at radius 3 is 2.71 bits per heavy atom. The lowest BCUT2D eigenvalue weighted by Gasteiger charge is -2.23. The van der Waals surface area contributed by atoms with Crippen LogP contribution in [0, 0.1) is 6.92 Å². The minimum atomic E-state index is 0.353. The predicted octanol–water partition coefficient (Wildman–Crippen LogP) is 4.01. The molecule has 1 atom stereocenters. The smallest absolute Gasteiger partial charge is 0.249 e. The fraction of sp³-hybridized carbons (Fsp3) is 0.211. The van der Waals surface area contributed by atoms with Crippen LogP contribution in [0.1, 0.15) is 18.1 Å². The molecule has 2 aromatic carbocycles. The number of nitrogens with one attached hydrogen (secondary N) is 1. The van der Waals surface area contributed by atoms with E-state index in [0.717, 1.165) is 17.9 Å². The van der Waals surface area contributed by atoms with Gasteiger partial charge < -0.3 is 10.2 Å². The number of fused-ring (bicyclic) bond motifs is 1. The maximum absolute atomic E-state index is 4.66. The van der Waals surface area contributed by atoms with Crippen molar-refractivity contribution in [3.05, 3.63) is 65.9 Å². The molecule has 0 saturated carbocycles. The quantitative estimate of drug-likeness (QED) is 0.791. The summed E-state index contributed by atoms with van der Waals surface area (Å²) in [7, 11) is 0. The minimum absolute atomic E-state index is 0.353. The van der Waals surface area contributed by atoms with Crippen LogP contribution in [0.15, 0.2) is 54.7 Å². The Labute approximate surface area is 141 Å². The van der Waals surface area contributed by atoms with E-state index in [1.807, 2.05) is 12.1 Å². The van der Waals surface area contributed by atoms with Crippen LogP contribution < -0.4 is 10.2 Å². The standard InChI is InChI=1S/C19H19N5/c1-13-7-9-16(10-8-13)21-19-22-18(12-20-23-19)24-14(2)11-15-5-3-4-6-17(15)24/h3-10,12,14H,11H2,1-2H3,(H,21,22,23). The number of nitrogens with zero attached hydrogens (tertiary/aromatic N) is 4. The van der Waals surface area contributed by atoms with Crippen LogP contribution in [0.2, 0.25) is 0 Å². The third kappa shape index (κ3) is 2.69. The van der Waals surface area contributed by atoms with Gasteiger partial charge in [-0.05, 0) is 44.0 Å². The third-order valence-corrected chi connectivity index (χ3v) is 4.31. The minimum Gasteiger partial charge on any atom is -0.323 e. The highest BCUT2D eigenvalue weighted by Gasteiger charge is 2.28. The lowest BCUT2D eigenvalue weighted by molar-refractivity contribution is 0.745. The lowest BCUT2D eigenvalue weighted by atomic mass is 10.1. The Hall–Kier alpha value is -2.95. The molecule has 1 aliphatic rings. The van der Waals surface area contributed by atoms with E-state index in [-0.39, 0.29) is 0 Å². The molecule has 1 aromatic heterocycles. The molecule has 1 N–H and O–H groups in total. The number of benzene rings is 2. The van der Waals surface area contributed by atoms with Gasteiger partial charge in [-0.25, -0.2) is 0 Å². The van der Waals surface area contributed by atoms with Gasteiger partial charge in [0.2, 0.25) is 5.95 Å². The SMILES string of the molecule is Cc1ccc(Nc2nncc(N3c4ccccc4CC3C)n2)cc1. The summed E-state index contributed by atoms with van der Waals surface area (Å²) < 4.78 is 0. The number of aromatic nitrogens is 3. The van der Waals surface area contributed by atoms with Crippen LogP contribution in [-0.4, -0.2) is 21.2 Å². The number of aryl methyl sites for hydroxylation is 1. The van der Waals surface area contributed by atoms with Crippen LogP contribution in [-0.2, 0) is 6.42 Å². The van der Waals surface area contributed by atoms with Gasteiger partial charge in [0.15, 0.2) is 5.82 Å². The zero-order chi connectivity index (χ0) is 16.5. The zero-order valence-corrected chi connectivity index (χ0v) is 13.8. The third-order valence-electron chi connectivity index (χ3n) is 4.31. The summed E-state index contributed by atoms with van der Waals surface area (Å²) in [6, 6.07) is 16.9. The van der Waals surface area contributed by atoms with E-state index < -0.39 is 0 Å². The molecule has 5 heteroatoms. The molecule has 4 rings (SSSR count). The van der Waals surface area contributed by atoms with Crippen LogP contribution in [0.3, 0.4) is 0 Å². The van der Waals surface area contributed by atoms with Gasteiger partial charge in [-0.1, -0.05) is 35.9 Å². The van der Waals surface area contributed by atoms with E-state index in [1.165, 1.54) is 16.8 Å². The first kappa shape index (κ1) is 14.6. The summed E-state index contributed by atoms with van der Waals surface area (Å²) in [6.07, 6.45) is 2.74. The zero-order valence-electron chi connectivity index (χ0n) is 13.8. The number of hydrogen-bond acceptors (Lipinski definition) is 5. The second kappa shape index (κ2) is 5.92. The van der Waals surface area contributed by atoms with Gasteiger partial charge in [0.25, 0.3) is 0 Å². The fourth-order valence-electron chi connectivity index (χ4n) is 3.14. The topological polar surface area (TPSA) is 53.9 Å². The van der Waals surface area contributed by atoms with Crippen molar-refractivity contribution in [1.29, 1.82) is 0 Å². The summed E-state index contributed by atoms with van der Waals surface area (Å²) in [5.41, 5.74) is 4.72. The number of anilines is 4. The van der Waals surface area contributed by atoms with Gasteiger partial charge in [0.1, 0.15) is 0 Å². The Kier molecular flexibility index (Phi) is 3.61. The maximum atomic E-state index is 4.66. The number of para-hydroxylation sites is 1. The molecule has 5 nitrogen and oxygen atoms in total. The molecule has 0 fully saturated rings. The van der Waals surface area contributed by atoms with Gasteiger partial charge in [-0.15, -0.1) is 5.10 Å². The van der Waals surface area contributed by atoms with Crippen molar-refractivity contribution in [3.8, 4) is 0 Å². The lowest BCUT2D eigenvalue weighted by Crippen LogP contribution is -2.25. The van der Waals surface area contributed by atoms with E-state index >= 15 is 0 Å². The predicted molar refractivity (Wildman–Crippen MR) is 96.0 cm³/mol. The molecule has 24 heavy (non-hydrogen) atoms. The molecule has 0 saturated heterocycles. The second-order valence-electron chi connectivity index (χ2n) is 6.18. The van der Waals surface area contributed by atoms with Gasteiger partial charge in [0, 0.05) is 17.4 Å². The molecule has 1 unspecified atom stereocenters. The van der Waals surface area contributed by atoms with Crippen molar-refractivity contribution >= 4 is 23.1 Å². The first-order valence-corrected chi connectivity index (χ1v) is 8.11. The molecule has 120 valence electrons. The molecule has 0 aliphatic carbocycles. The molecule has 1 aliphatic heterocycles. The average Bonchev–Trinajstić information content (AvgIpc) is 2.93. The van der Waals surface area contributed by atoms with E-state index in [9.17, 15) is 0 Å². The van der Waals surface area contributed by atoms with Crippen molar-refractivity contribution < 1.29 is 0 Å². The Morgan fingerprint density at radius 1 is 1.08 bits per heavy atom. The summed E-state index contributed by atoms with van der Waals surface area (Å²) >= 11 is 0. The molecule has 0 radical (unpaired) electrons. The average molecular weight is 317 g/mol. The highest BCUT2D eigenvalue weighted by molar-refractivity contribution is 5.69. The van der Waals surface area contributed by atoms with Crippen molar-refractivity contribution in [2.24, 2.45) is 0 Å². The van der Waals surface area contributed by atoms with E-state index in [1.54, 1.807) is 6.20 Å². The number of rotatable bonds is 3. The summed E-state index contributed by atoms with van der Waals surface area (Å²) in [4.78, 5) is 6.89. The second-order valence-corrected chi connectivity index (χ2v) is 6.18. The highest BCUT2D eigenvalue weighted by atomic mass is 15.3. The van der Waals surface area contributed by atoms with Crippen molar-refractivity contribution in [2.45, 2.75) is 26.3 Å². The Morgan fingerprint density at radius 2 is 1.88 bits per heavy atom. The molecule has 2 heterocycles. The first-order chi connectivity index (χ1) is 11.7. The molecule has 0 spiro atoms. The maximum Gasteiger partial charge on any atom is 0.249 e. The molecule has 3 aromatic rings. The van der Waals surface area contributed by atoms with Gasteiger partial charge in [-0.2, -0.15) is 10.1 Å². The van der Waals surface area contributed by atoms with Gasteiger partial charge in [0.05, 0.1) is 6.20 Å². The van der Waals surface area contributed by atoms with Crippen molar-refractivity contribution in [1.82, 2.24) is 15.2 Å². The monoisotopic (exact) mass is 317 g/mol. The van der Waals surface area contributed by atoms with Crippen LogP contribution >= 0.6 is 0 Å². The fourth-order valence-corrected chi connectivity index (χ4v) is 3.14. The van der Waals surface area contributed by atoms with Gasteiger partial charge >= 0.3 is 0 Å². The van der Waals surface area contributed by atoms with E-state index in [2.05, 4.69) is 75.6 Å². The summed E-state index contributed by atoms with van der Waals surface area (Å²) in [5.74, 6) is 1.32. The van der Waals surface area contributed by atoms with Crippen molar-refractivity contribution in [2.75, 3.05) is 10.2 Å². The Bertz CT molecular complexity index is 860. The molecule has 0 amide bonds. The van der Waals surface area contributed by atoms with E-state index in [0.29, 0.717) is 12.0 Å². The number of hydrogen-bond donors (Lipinski definition) is 1. The molecule has 0 bridgehead atoms. The van der Waals surface area contributed by atoms with Crippen LogP contribution in [0.5, 0.6) is 0 Å². The van der Waals surface area contributed by atoms with Gasteiger partial charge in [-0.3, -0.25) is 0 Å². The summed E-state index contributed by atoms with van der Waals surface area (Å²) in [5, 5.41) is 11.5. The van der Waals surface area contributed by atoms with Crippen LogP contribution in [0.25, 0.3) is 0 Å². The Balaban J connectivity index is 1.64. The van der Waals surface area contributed by atoms with Crippen molar-refractivity contribution in [3.63, 3.8) is 0 Å². The summed E-state index contributed by atoms with van der Waals surface area (Å²) in [6.45, 7) is 4.27. The van der Waals surface area contributed by atoms with E-state index in [4.69, 9.17) is 0 Å². The van der Waals surface area contributed by atoms with Crippen LogP contribution in [0.4, 0.5) is 23.1 Å². The normalized spacial score (nSPS) is 16.1. The highest BCUT2D eigenvalue weighted by Crippen LogP contribution is 2.37. The molecular weight excluding hydrogens is 298 g/mol. The molecular formula is C19H19N5. The largest absolute Gasteiger partial charge is 0.323 e. The first-order valence-electron chi connectivity index (χ1n) is 8.11.